The van der Waals surface area contributed by atoms with E-state index in [1.54, 1.807) is 36.4 Å². The molecule has 0 aliphatic heterocycles. The lowest BCUT2D eigenvalue weighted by Crippen LogP contribution is -2.06. The van der Waals surface area contributed by atoms with E-state index in [0.29, 0.717) is 11.1 Å². The minimum atomic E-state index is -3.76. The van der Waals surface area contributed by atoms with Crippen molar-refractivity contribution in [3.05, 3.63) is 65.2 Å². The van der Waals surface area contributed by atoms with Gasteiger partial charge in [0.15, 0.2) is 0 Å². The van der Waals surface area contributed by atoms with Gasteiger partial charge < -0.3 is 0 Å². The van der Waals surface area contributed by atoms with Gasteiger partial charge in [0.2, 0.25) is 0 Å². The van der Waals surface area contributed by atoms with Crippen LogP contribution in [-0.4, -0.2) is 8.42 Å². The highest BCUT2D eigenvalue weighted by Crippen LogP contribution is 2.15. The van der Waals surface area contributed by atoms with E-state index in [2.05, 4.69) is 0 Å². The van der Waals surface area contributed by atoms with Crippen LogP contribution in [0.5, 0.6) is 0 Å². The van der Waals surface area contributed by atoms with Crippen LogP contribution in [0.4, 0.5) is 4.39 Å². The van der Waals surface area contributed by atoms with Crippen molar-refractivity contribution in [2.45, 2.75) is 25.1 Å². The second-order valence-corrected chi connectivity index (χ2v) is 6.09. The first kappa shape index (κ1) is 14.7. The zero-order chi connectivity index (χ0) is 14.6. The van der Waals surface area contributed by atoms with Crippen LogP contribution < -0.4 is 0 Å². The van der Waals surface area contributed by atoms with Crippen LogP contribution in [0.1, 0.15) is 16.7 Å². The smallest absolute Gasteiger partial charge is 0.262 e. The van der Waals surface area contributed by atoms with Gasteiger partial charge in [0.05, 0.1) is 11.5 Å². The minimum Gasteiger partial charge on any atom is -0.262 e. The predicted octanol–water partition coefficient (Wildman–Crippen LogP) is 3.37. The maximum Gasteiger partial charge on any atom is 0.297 e. The Labute approximate surface area is 118 Å². The zero-order valence-electron chi connectivity index (χ0n) is 11.0. The van der Waals surface area contributed by atoms with Crippen molar-refractivity contribution in [2.75, 3.05) is 0 Å². The van der Waals surface area contributed by atoms with E-state index >= 15 is 0 Å². The van der Waals surface area contributed by atoms with Crippen LogP contribution in [0.15, 0.2) is 53.4 Å². The van der Waals surface area contributed by atoms with Crippen molar-refractivity contribution in [3.63, 3.8) is 0 Å². The fraction of sp³-hybridized carbons (Fsp3) is 0.200. The second-order valence-electron chi connectivity index (χ2n) is 4.48. The number of benzene rings is 2. The fourth-order valence-corrected chi connectivity index (χ4v) is 2.54. The van der Waals surface area contributed by atoms with Gasteiger partial charge in [-0.1, -0.05) is 42.0 Å². The average Bonchev–Trinajstić information content (AvgIpc) is 2.46. The number of aryl methyl sites for hydroxylation is 1. The molecule has 0 aliphatic rings. The summed E-state index contributed by atoms with van der Waals surface area (Å²) in [6, 6.07) is 13.0. The number of hydrogen-bond acceptors (Lipinski definition) is 3. The van der Waals surface area contributed by atoms with Gasteiger partial charge >= 0.3 is 0 Å². The summed E-state index contributed by atoms with van der Waals surface area (Å²) in [4.78, 5) is 0.128. The molecule has 0 N–H and O–H groups in total. The van der Waals surface area contributed by atoms with Gasteiger partial charge in [0.1, 0.15) is 6.67 Å². The normalized spacial score (nSPS) is 11.5. The molecule has 0 radical (unpaired) electrons. The van der Waals surface area contributed by atoms with Crippen molar-refractivity contribution in [2.24, 2.45) is 0 Å². The summed E-state index contributed by atoms with van der Waals surface area (Å²) in [7, 11) is -3.76. The average molecular weight is 293 g/mol. The van der Waals surface area contributed by atoms with Gasteiger partial charge in [-0.15, -0.1) is 0 Å². The highest BCUT2D eigenvalue weighted by Gasteiger charge is 2.14. The fourth-order valence-electron chi connectivity index (χ4n) is 1.64. The Morgan fingerprint density at radius 3 is 2.05 bits per heavy atom. The van der Waals surface area contributed by atoms with E-state index in [1.165, 1.54) is 12.1 Å². The van der Waals surface area contributed by atoms with Crippen LogP contribution in [0.2, 0.25) is 0 Å². The van der Waals surface area contributed by atoms with E-state index in [9.17, 15) is 12.8 Å². The number of rotatable bonds is 5. The molecule has 0 heterocycles. The first-order valence-corrected chi connectivity index (χ1v) is 7.52. The molecule has 3 nitrogen and oxygen atoms in total. The lowest BCUT2D eigenvalue weighted by atomic mass is 10.2. The first-order chi connectivity index (χ1) is 9.51. The summed E-state index contributed by atoms with van der Waals surface area (Å²) < 4.78 is 41.3. The second kappa shape index (κ2) is 6.15. The minimum absolute atomic E-state index is 0.0667. The molecule has 0 aliphatic carbocycles. The van der Waals surface area contributed by atoms with E-state index in [0.717, 1.165) is 5.56 Å². The summed E-state index contributed by atoms with van der Waals surface area (Å²) in [5.41, 5.74) is 2.21. The van der Waals surface area contributed by atoms with Crippen LogP contribution >= 0.6 is 0 Å². The topological polar surface area (TPSA) is 43.4 Å². The van der Waals surface area contributed by atoms with Crippen molar-refractivity contribution < 1.29 is 17.0 Å². The number of hydrogen-bond donors (Lipinski definition) is 0. The van der Waals surface area contributed by atoms with E-state index in [1.807, 2.05) is 6.92 Å². The van der Waals surface area contributed by atoms with Crippen molar-refractivity contribution in [1.29, 1.82) is 0 Å². The predicted molar refractivity (Wildman–Crippen MR) is 74.4 cm³/mol. The third-order valence-electron chi connectivity index (χ3n) is 2.87. The van der Waals surface area contributed by atoms with Crippen LogP contribution in [0.25, 0.3) is 0 Å². The highest BCUT2D eigenvalue weighted by molar-refractivity contribution is 7.86. The number of alkyl halides is 1. The van der Waals surface area contributed by atoms with Gasteiger partial charge in [-0.05, 0) is 30.2 Å². The van der Waals surface area contributed by atoms with Crippen molar-refractivity contribution >= 4 is 10.1 Å². The summed E-state index contributed by atoms with van der Waals surface area (Å²) in [5, 5.41) is 0. The van der Waals surface area contributed by atoms with Gasteiger partial charge in [0.25, 0.3) is 10.1 Å². The van der Waals surface area contributed by atoms with Crippen molar-refractivity contribution in [1.82, 2.24) is 0 Å². The summed E-state index contributed by atoms with van der Waals surface area (Å²) in [6.07, 6.45) is 0. The molecule has 20 heavy (non-hydrogen) atoms. The zero-order valence-corrected chi connectivity index (χ0v) is 11.9. The molecular formula is C15H15FO3S. The number of halogens is 1. The monoisotopic (exact) mass is 293 g/mol. The Morgan fingerprint density at radius 2 is 1.50 bits per heavy atom. The Balaban J connectivity index is 2.06. The third kappa shape index (κ3) is 3.65. The maximum absolute atomic E-state index is 12.4. The molecule has 106 valence electrons. The Kier molecular flexibility index (Phi) is 4.52. The SMILES string of the molecule is Cc1ccc(S(=O)(=O)OCc2ccc(C[18F])cc2)cc1. The Hall–Kier alpha value is -1.72. The lowest BCUT2D eigenvalue weighted by molar-refractivity contribution is 0.308. The van der Waals surface area contributed by atoms with Gasteiger partial charge in [-0.25, -0.2) is 4.39 Å². The molecule has 0 spiro atoms. The molecule has 0 unspecified atom stereocenters. The molecule has 5 heteroatoms. The Bertz CT molecular complexity index is 661. The Morgan fingerprint density at radius 1 is 0.950 bits per heavy atom. The third-order valence-corrected chi connectivity index (χ3v) is 4.15. The first-order valence-electron chi connectivity index (χ1n) is 6.11. The molecule has 0 amide bonds. The molecule has 2 rings (SSSR count). The quantitative estimate of drug-likeness (QED) is 0.794. The molecule has 0 aromatic heterocycles. The molecular weight excluding hydrogens is 278 g/mol. The highest BCUT2D eigenvalue weighted by atomic mass is 32.2. The maximum atomic E-state index is 12.4. The van der Waals surface area contributed by atoms with Crippen LogP contribution in [0, 0.1) is 6.92 Å². The van der Waals surface area contributed by atoms with Crippen LogP contribution in [-0.2, 0) is 27.6 Å². The molecule has 0 saturated carbocycles. The molecule has 0 fully saturated rings. The van der Waals surface area contributed by atoms with Gasteiger partial charge in [-0.3, -0.25) is 4.18 Å². The van der Waals surface area contributed by atoms with E-state index in [-0.39, 0.29) is 11.5 Å². The summed E-state index contributed by atoms with van der Waals surface area (Å²) in [6.45, 7) is 1.27. The molecule has 0 saturated heterocycles. The molecule has 0 atom stereocenters. The summed E-state index contributed by atoms with van der Waals surface area (Å²) in [5.74, 6) is 0. The van der Waals surface area contributed by atoms with E-state index in [4.69, 9.17) is 4.18 Å². The molecule has 2 aromatic carbocycles. The molecule has 2 aromatic rings. The van der Waals surface area contributed by atoms with Crippen molar-refractivity contribution in [3.8, 4) is 0 Å². The standard InChI is InChI=1S/C15H15FO3S/c1-12-2-8-15(9-3-12)20(17,18)19-11-14-6-4-13(10-16)5-7-14/h2-9H,10-11H2,1H3/i16-1. The van der Waals surface area contributed by atoms with E-state index < -0.39 is 16.8 Å². The largest absolute Gasteiger partial charge is 0.297 e. The van der Waals surface area contributed by atoms with Gasteiger partial charge in [-0.2, -0.15) is 8.42 Å². The van der Waals surface area contributed by atoms with Gasteiger partial charge in [0, 0.05) is 0 Å². The molecule has 0 bridgehead atoms. The summed E-state index contributed by atoms with van der Waals surface area (Å²) >= 11 is 0. The van der Waals surface area contributed by atoms with Crippen LogP contribution in [0.3, 0.4) is 0 Å². The lowest BCUT2D eigenvalue weighted by Gasteiger charge is -2.06.